The Bertz CT molecular complexity index is 1380. The molecule has 2 heterocycles. The minimum atomic E-state index is -3.39. The maximum atomic E-state index is 11.9. The van der Waals surface area contributed by atoms with Gasteiger partial charge in [0.05, 0.1) is 15.8 Å². The minimum Gasteiger partial charge on any atom is -0.438 e. The number of nitrogens with zero attached hydrogens (tertiary/aromatic N) is 2. The van der Waals surface area contributed by atoms with E-state index in [4.69, 9.17) is 9.15 Å². The van der Waals surface area contributed by atoms with Crippen LogP contribution < -0.4 is 10.4 Å². The van der Waals surface area contributed by atoms with Gasteiger partial charge in [-0.25, -0.2) is 23.2 Å². The highest BCUT2D eigenvalue weighted by Crippen LogP contribution is 2.30. The number of rotatable bonds is 4. The summed E-state index contributed by atoms with van der Waals surface area (Å²) in [6, 6.07) is 11.2. The second-order valence-corrected chi connectivity index (χ2v) is 8.35. The van der Waals surface area contributed by atoms with Gasteiger partial charge in [-0.05, 0) is 42.3 Å². The monoisotopic (exact) mass is 396 g/mol. The first kappa shape index (κ1) is 18.1. The van der Waals surface area contributed by atoms with Crippen molar-refractivity contribution in [3.05, 3.63) is 64.8 Å². The lowest BCUT2D eigenvalue weighted by molar-refractivity contribution is 0.466. The van der Waals surface area contributed by atoms with Crippen molar-refractivity contribution >= 4 is 31.7 Å². The van der Waals surface area contributed by atoms with E-state index < -0.39 is 15.5 Å². The molecule has 0 atom stereocenters. The van der Waals surface area contributed by atoms with Gasteiger partial charge in [-0.2, -0.15) is 0 Å². The third-order valence-electron chi connectivity index (χ3n) is 4.40. The number of aryl methyl sites for hydroxylation is 1. The van der Waals surface area contributed by atoms with Gasteiger partial charge in [-0.1, -0.05) is 6.92 Å². The van der Waals surface area contributed by atoms with E-state index in [1.165, 1.54) is 24.5 Å². The highest BCUT2D eigenvalue weighted by atomic mass is 32.2. The first-order valence-corrected chi connectivity index (χ1v) is 10.4. The summed E-state index contributed by atoms with van der Waals surface area (Å²) in [6.45, 7) is 1.96. The summed E-state index contributed by atoms with van der Waals surface area (Å²) in [5.41, 5.74) is 1.44. The Balaban J connectivity index is 1.82. The third-order valence-corrected chi connectivity index (χ3v) is 5.51. The number of hydrogen-bond acceptors (Lipinski definition) is 7. The molecule has 0 aliphatic carbocycles. The maximum absolute atomic E-state index is 11.9. The molecule has 0 spiro atoms. The standard InChI is InChI=1S/C20H16N2O5S/c1-3-12-8-19(23)27-18-9-13(4-6-15(12)18)26-20-16-10-14(28(2,24)25)5-7-17(16)21-11-22-20/h4-11H,3H2,1-2H3. The smallest absolute Gasteiger partial charge is 0.336 e. The van der Waals surface area contributed by atoms with Crippen molar-refractivity contribution in [3.63, 3.8) is 0 Å². The Morgan fingerprint density at radius 3 is 2.61 bits per heavy atom. The third kappa shape index (κ3) is 3.34. The van der Waals surface area contributed by atoms with Crippen LogP contribution in [0.2, 0.25) is 0 Å². The SMILES string of the molecule is CCc1cc(=O)oc2cc(Oc3ncnc4ccc(S(C)(=O)=O)cc34)ccc12. The van der Waals surface area contributed by atoms with Gasteiger partial charge in [0.15, 0.2) is 9.84 Å². The number of hydrogen-bond donors (Lipinski definition) is 0. The van der Waals surface area contributed by atoms with Crippen molar-refractivity contribution in [2.75, 3.05) is 6.26 Å². The largest absolute Gasteiger partial charge is 0.438 e. The lowest BCUT2D eigenvalue weighted by atomic mass is 10.1. The van der Waals surface area contributed by atoms with Gasteiger partial charge < -0.3 is 9.15 Å². The van der Waals surface area contributed by atoms with Crippen molar-refractivity contribution in [2.45, 2.75) is 18.2 Å². The number of benzene rings is 2. The zero-order valence-electron chi connectivity index (χ0n) is 15.2. The highest BCUT2D eigenvalue weighted by molar-refractivity contribution is 7.90. The van der Waals surface area contributed by atoms with E-state index >= 15 is 0 Å². The summed E-state index contributed by atoms with van der Waals surface area (Å²) in [7, 11) is -3.39. The van der Waals surface area contributed by atoms with E-state index in [2.05, 4.69) is 9.97 Å². The van der Waals surface area contributed by atoms with Gasteiger partial charge in [0.1, 0.15) is 17.7 Å². The fourth-order valence-electron chi connectivity index (χ4n) is 3.00. The summed E-state index contributed by atoms with van der Waals surface area (Å²) in [5.74, 6) is 0.623. The first-order chi connectivity index (χ1) is 13.3. The molecule has 7 nitrogen and oxygen atoms in total. The number of ether oxygens (including phenoxy) is 1. The molecule has 2 aromatic heterocycles. The maximum Gasteiger partial charge on any atom is 0.336 e. The van der Waals surface area contributed by atoms with E-state index in [1.54, 1.807) is 18.2 Å². The zero-order chi connectivity index (χ0) is 19.9. The van der Waals surface area contributed by atoms with Crippen LogP contribution in [0.1, 0.15) is 12.5 Å². The van der Waals surface area contributed by atoms with Gasteiger partial charge in [0.2, 0.25) is 5.88 Å². The molecular formula is C20H16N2O5S. The van der Waals surface area contributed by atoms with Gasteiger partial charge in [0, 0.05) is 23.8 Å². The molecule has 4 aromatic rings. The van der Waals surface area contributed by atoms with Crippen LogP contribution in [0.25, 0.3) is 21.9 Å². The molecule has 142 valence electrons. The van der Waals surface area contributed by atoms with Gasteiger partial charge in [-0.15, -0.1) is 0 Å². The van der Waals surface area contributed by atoms with Crippen molar-refractivity contribution in [2.24, 2.45) is 0 Å². The first-order valence-electron chi connectivity index (χ1n) is 8.54. The molecule has 0 fully saturated rings. The van der Waals surface area contributed by atoms with E-state index in [-0.39, 0.29) is 10.8 Å². The molecule has 0 bridgehead atoms. The molecule has 0 radical (unpaired) electrons. The molecular weight excluding hydrogens is 380 g/mol. The second-order valence-electron chi connectivity index (χ2n) is 6.33. The van der Waals surface area contributed by atoms with Crippen LogP contribution in [0.15, 0.2) is 62.9 Å². The molecule has 4 rings (SSSR count). The summed E-state index contributed by atoms with van der Waals surface area (Å²) in [5, 5.41) is 1.30. The molecule has 0 aliphatic rings. The molecule has 0 saturated heterocycles. The Labute approximate surface area is 160 Å². The van der Waals surface area contributed by atoms with Crippen LogP contribution in [0.4, 0.5) is 0 Å². The average molecular weight is 396 g/mol. The number of aromatic nitrogens is 2. The minimum absolute atomic E-state index is 0.150. The summed E-state index contributed by atoms with van der Waals surface area (Å²) >= 11 is 0. The molecule has 0 amide bonds. The summed E-state index contributed by atoms with van der Waals surface area (Å²) in [4.78, 5) is 20.2. The molecule has 0 unspecified atom stereocenters. The van der Waals surface area contributed by atoms with E-state index in [1.807, 2.05) is 13.0 Å². The van der Waals surface area contributed by atoms with E-state index in [0.29, 0.717) is 28.7 Å². The van der Waals surface area contributed by atoms with Crippen LogP contribution in [-0.2, 0) is 16.3 Å². The van der Waals surface area contributed by atoms with Crippen molar-refractivity contribution in [1.82, 2.24) is 9.97 Å². The van der Waals surface area contributed by atoms with Crippen LogP contribution in [0.5, 0.6) is 11.6 Å². The number of sulfone groups is 1. The van der Waals surface area contributed by atoms with Crippen LogP contribution >= 0.6 is 0 Å². The van der Waals surface area contributed by atoms with Crippen LogP contribution in [-0.4, -0.2) is 24.6 Å². The quantitative estimate of drug-likeness (QED) is 0.487. The molecule has 0 saturated carbocycles. The van der Waals surface area contributed by atoms with Crippen LogP contribution in [0.3, 0.4) is 0 Å². The molecule has 8 heteroatoms. The number of fused-ring (bicyclic) bond motifs is 2. The Morgan fingerprint density at radius 1 is 1.04 bits per heavy atom. The molecule has 28 heavy (non-hydrogen) atoms. The fourth-order valence-corrected chi connectivity index (χ4v) is 3.65. The molecule has 2 aromatic carbocycles. The Kier molecular flexibility index (Phi) is 4.35. The van der Waals surface area contributed by atoms with Crippen molar-refractivity contribution in [1.29, 1.82) is 0 Å². The summed E-state index contributed by atoms with van der Waals surface area (Å²) in [6.07, 6.45) is 3.18. The van der Waals surface area contributed by atoms with Crippen molar-refractivity contribution in [3.8, 4) is 11.6 Å². The zero-order valence-corrected chi connectivity index (χ0v) is 16.0. The molecule has 0 N–H and O–H groups in total. The van der Waals surface area contributed by atoms with Gasteiger partial charge >= 0.3 is 5.63 Å². The fraction of sp³-hybridized carbons (Fsp3) is 0.150. The predicted molar refractivity (Wildman–Crippen MR) is 105 cm³/mol. The normalized spacial score (nSPS) is 11.8. The van der Waals surface area contributed by atoms with Gasteiger partial charge in [-0.3, -0.25) is 0 Å². The average Bonchev–Trinajstić information content (AvgIpc) is 2.66. The topological polar surface area (TPSA) is 99.4 Å². The van der Waals surface area contributed by atoms with Gasteiger partial charge in [0.25, 0.3) is 0 Å². The highest BCUT2D eigenvalue weighted by Gasteiger charge is 2.13. The molecule has 0 aliphatic heterocycles. The summed E-state index contributed by atoms with van der Waals surface area (Å²) < 4.78 is 34.9. The van der Waals surface area contributed by atoms with E-state index in [0.717, 1.165) is 17.2 Å². The predicted octanol–water partition coefficient (Wildman–Crippen LogP) is 3.49. The van der Waals surface area contributed by atoms with E-state index in [9.17, 15) is 13.2 Å². The Hall–Kier alpha value is -3.26. The van der Waals surface area contributed by atoms with Crippen LogP contribution in [0, 0.1) is 0 Å². The van der Waals surface area contributed by atoms with Crippen molar-refractivity contribution < 1.29 is 17.6 Å². The Morgan fingerprint density at radius 2 is 1.86 bits per heavy atom. The lowest BCUT2D eigenvalue weighted by Gasteiger charge is -2.09. The lowest BCUT2D eigenvalue weighted by Crippen LogP contribution is -2.00. The second kappa shape index (κ2) is 6.72.